The standard InChI is InChI=1S/C26H29N7O3S/c1-16-20(11-18(12-28-16)30-22(34)15-32-9-5-7-26(32,2)3)31-24(35)19-13-29-33-14-21(37-25(19)33)17-6-8-27-23(10-17)36-4/h6,8,10-14H,5,7,9,15H2,1-4H3,(H,30,34)(H,31,35). The van der Waals surface area contributed by atoms with Gasteiger partial charge < -0.3 is 15.4 Å². The lowest BCUT2D eigenvalue weighted by Gasteiger charge is -2.30. The number of fused-ring (bicyclic) bond motifs is 1. The second-order valence-corrected chi connectivity index (χ2v) is 10.7. The third-order valence-electron chi connectivity index (χ3n) is 6.70. The molecule has 4 aromatic rings. The van der Waals surface area contributed by atoms with Gasteiger partial charge >= 0.3 is 0 Å². The summed E-state index contributed by atoms with van der Waals surface area (Å²) in [6.07, 6.45) is 8.86. The van der Waals surface area contributed by atoms with Crippen LogP contribution in [0, 0.1) is 6.92 Å². The average Bonchev–Trinajstić information content (AvgIpc) is 3.55. The van der Waals surface area contributed by atoms with Gasteiger partial charge in [-0.05, 0) is 52.3 Å². The van der Waals surface area contributed by atoms with Crippen molar-refractivity contribution in [1.82, 2.24) is 24.5 Å². The van der Waals surface area contributed by atoms with Crippen LogP contribution >= 0.6 is 11.3 Å². The number of methoxy groups -OCH3 is 1. The zero-order valence-electron chi connectivity index (χ0n) is 21.2. The quantitative estimate of drug-likeness (QED) is 0.375. The largest absolute Gasteiger partial charge is 0.481 e. The zero-order chi connectivity index (χ0) is 26.2. The Balaban J connectivity index is 1.31. The molecule has 1 saturated heterocycles. The lowest BCUT2D eigenvalue weighted by atomic mass is 10.0. The number of hydrogen-bond donors (Lipinski definition) is 2. The molecule has 0 aromatic carbocycles. The predicted octanol–water partition coefficient (Wildman–Crippen LogP) is 4.24. The number of pyridine rings is 2. The lowest BCUT2D eigenvalue weighted by Crippen LogP contribution is -2.42. The van der Waals surface area contributed by atoms with E-state index in [1.807, 2.05) is 25.3 Å². The maximum absolute atomic E-state index is 13.2. The average molecular weight is 520 g/mol. The molecule has 2 N–H and O–H groups in total. The molecule has 11 heteroatoms. The minimum absolute atomic E-state index is 0.0179. The van der Waals surface area contributed by atoms with Crippen LogP contribution in [0.4, 0.5) is 11.4 Å². The number of ether oxygens (including phenoxy) is 1. The van der Waals surface area contributed by atoms with Gasteiger partial charge in [0.2, 0.25) is 11.8 Å². The molecule has 5 rings (SSSR count). The summed E-state index contributed by atoms with van der Waals surface area (Å²) in [4.78, 5) is 38.2. The Morgan fingerprint density at radius 2 is 2.03 bits per heavy atom. The van der Waals surface area contributed by atoms with Gasteiger partial charge in [0.05, 0.1) is 53.6 Å². The number of nitrogens with one attached hydrogen (secondary N) is 2. The number of nitrogens with zero attached hydrogens (tertiary/aromatic N) is 5. The molecule has 0 bridgehead atoms. The first-order valence-corrected chi connectivity index (χ1v) is 12.9. The van der Waals surface area contributed by atoms with Gasteiger partial charge in [-0.25, -0.2) is 9.50 Å². The normalized spacial score (nSPS) is 15.1. The molecule has 0 radical (unpaired) electrons. The summed E-state index contributed by atoms with van der Waals surface area (Å²) in [6, 6.07) is 5.45. The van der Waals surface area contributed by atoms with Crippen LogP contribution in [-0.4, -0.2) is 62.0 Å². The van der Waals surface area contributed by atoms with Crippen LogP contribution in [0.15, 0.2) is 43.0 Å². The Morgan fingerprint density at radius 1 is 1.19 bits per heavy atom. The molecule has 0 aliphatic carbocycles. The molecule has 1 aliphatic heterocycles. The highest BCUT2D eigenvalue weighted by Gasteiger charge is 2.32. The van der Waals surface area contributed by atoms with Crippen LogP contribution in [0.3, 0.4) is 0 Å². The molecule has 0 spiro atoms. The number of amides is 2. The molecule has 0 atom stereocenters. The van der Waals surface area contributed by atoms with Crippen LogP contribution in [0.25, 0.3) is 15.3 Å². The first kappa shape index (κ1) is 24.8. The van der Waals surface area contributed by atoms with E-state index >= 15 is 0 Å². The molecule has 1 aliphatic rings. The van der Waals surface area contributed by atoms with E-state index in [4.69, 9.17) is 4.74 Å². The van der Waals surface area contributed by atoms with E-state index in [9.17, 15) is 9.59 Å². The lowest BCUT2D eigenvalue weighted by molar-refractivity contribution is -0.118. The molecule has 0 saturated carbocycles. The van der Waals surface area contributed by atoms with E-state index in [2.05, 4.69) is 44.4 Å². The minimum Gasteiger partial charge on any atom is -0.481 e. The van der Waals surface area contributed by atoms with Gasteiger partial charge in [-0.15, -0.1) is 11.3 Å². The Labute approximate surface area is 218 Å². The van der Waals surface area contributed by atoms with E-state index < -0.39 is 0 Å². The molecule has 2 amide bonds. The maximum atomic E-state index is 13.2. The first-order valence-electron chi connectivity index (χ1n) is 12.0. The van der Waals surface area contributed by atoms with Crippen molar-refractivity contribution in [3.8, 4) is 16.3 Å². The second kappa shape index (κ2) is 9.91. The summed E-state index contributed by atoms with van der Waals surface area (Å²) in [7, 11) is 1.57. The molecular weight excluding hydrogens is 490 g/mol. The van der Waals surface area contributed by atoms with Gasteiger partial charge in [-0.2, -0.15) is 5.10 Å². The fraction of sp³-hybridized carbons (Fsp3) is 0.346. The maximum Gasteiger partial charge on any atom is 0.260 e. The Morgan fingerprint density at radius 3 is 2.78 bits per heavy atom. The van der Waals surface area contributed by atoms with Crippen molar-refractivity contribution in [3.05, 3.63) is 54.2 Å². The highest BCUT2D eigenvalue weighted by molar-refractivity contribution is 7.21. The van der Waals surface area contributed by atoms with Crippen molar-refractivity contribution in [1.29, 1.82) is 0 Å². The van der Waals surface area contributed by atoms with Crippen LogP contribution in [-0.2, 0) is 4.79 Å². The van der Waals surface area contributed by atoms with E-state index in [0.29, 0.717) is 39.9 Å². The van der Waals surface area contributed by atoms with Crippen LogP contribution in [0.1, 0.15) is 42.7 Å². The van der Waals surface area contributed by atoms with Gasteiger partial charge in [0.25, 0.3) is 5.91 Å². The van der Waals surface area contributed by atoms with Gasteiger partial charge in [0.15, 0.2) is 0 Å². The predicted molar refractivity (Wildman–Crippen MR) is 143 cm³/mol. The fourth-order valence-corrected chi connectivity index (χ4v) is 5.55. The van der Waals surface area contributed by atoms with Crippen molar-refractivity contribution in [2.24, 2.45) is 0 Å². The number of carbonyl (C=O) groups excluding carboxylic acids is 2. The third kappa shape index (κ3) is 5.18. The molecular formula is C26H29N7O3S. The second-order valence-electron chi connectivity index (χ2n) is 9.69. The molecule has 5 heterocycles. The van der Waals surface area contributed by atoms with E-state index in [1.165, 1.54) is 11.3 Å². The Kier molecular flexibility index (Phi) is 6.65. The van der Waals surface area contributed by atoms with Crippen LogP contribution < -0.4 is 15.4 Å². The number of thiazole rings is 1. The Hall–Kier alpha value is -3.83. The number of carbonyl (C=O) groups is 2. The molecule has 10 nitrogen and oxygen atoms in total. The monoisotopic (exact) mass is 519 g/mol. The Bertz CT molecular complexity index is 1480. The number of aromatic nitrogens is 4. The van der Waals surface area contributed by atoms with Gasteiger partial charge in [0.1, 0.15) is 4.83 Å². The zero-order valence-corrected chi connectivity index (χ0v) is 22.1. The van der Waals surface area contributed by atoms with Crippen molar-refractivity contribution in [3.63, 3.8) is 0 Å². The summed E-state index contributed by atoms with van der Waals surface area (Å²) in [5.41, 5.74) is 3.10. The van der Waals surface area contributed by atoms with Gasteiger partial charge in [0, 0.05) is 29.6 Å². The third-order valence-corrected chi connectivity index (χ3v) is 7.86. The number of aryl methyl sites for hydroxylation is 1. The van der Waals surface area contributed by atoms with Crippen LogP contribution in [0.5, 0.6) is 5.88 Å². The van der Waals surface area contributed by atoms with Crippen molar-refractivity contribution in [2.45, 2.75) is 39.2 Å². The van der Waals surface area contributed by atoms with Gasteiger partial charge in [-0.1, -0.05) is 0 Å². The summed E-state index contributed by atoms with van der Waals surface area (Å²) in [5, 5.41) is 10.2. The van der Waals surface area contributed by atoms with E-state index in [1.54, 1.807) is 36.3 Å². The summed E-state index contributed by atoms with van der Waals surface area (Å²) >= 11 is 1.45. The molecule has 37 heavy (non-hydrogen) atoms. The summed E-state index contributed by atoms with van der Waals surface area (Å²) < 4.78 is 6.90. The number of likely N-dealkylation sites (tertiary alicyclic amines) is 1. The van der Waals surface area contributed by atoms with Crippen LogP contribution in [0.2, 0.25) is 0 Å². The SMILES string of the molecule is COc1cc(-c2cn3ncc(C(=O)Nc4cc(NC(=O)CN5CCCC5(C)C)cnc4C)c3s2)ccn1. The van der Waals surface area contributed by atoms with Gasteiger partial charge in [-0.3, -0.25) is 19.5 Å². The van der Waals surface area contributed by atoms with Crippen molar-refractivity contribution < 1.29 is 14.3 Å². The fourth-order valence-electron chi connectivity index (χ4n) is 4.50. The van der Waals surface area contributed by atoms with E-state index in [-0.39, 0.29) is 17.4 Å². The first-order chi connectivity index (χ1) is 17.7. The number of hydrogen-bond acceptors (Lipinski definition) is 8. The molecule has 4 aromatic heterocycles. The minimum atomic E-state index is -0.303. The molecule has 1 fully saturated rings. The molecule has 0 unspecified atom stereocenters. The summed E-state index contributed by atoms with van der Waals surface area (Å²) in [5.74, 6) is 0.110. The number of anilines is 2. The topological polar surface area (TPSA) is 114 Å². The van der Waals surface area contributed by atoms with E-state index in [0.717, 1.165) is 29.8 Å². The highest BCUT2D eigenvalue weighted by atomic mass is 32.1. The highest BCUT2D eigenvalue weighted by Crippen LogP contribution is 2.32. The summed E-state index contributed by atoms with van der Waals surface area (Å²) in [6.45, 7) is 7.36. The number of rotatable bonds is 7. The molecule has 192 valence electrons. The van der Waals surface area contributed by atoms with Crippen molar-refractivity contribution >= 4 is 39.4 Å². The smallest absolute Gasteiger partial charge is 0.260 e. The van der Waals surface area contributed by atoms with Crippen molar-refractivity contribution in [2.75, 3.05) is 30.8 Å².